The zero-order chi connectivity index (χ0) is 14.7. The minimum Gasteiger partial charge on any atom is -0.308 e. The van der Waals surface area contributed by atoms with Crippen molar-refractivity contribution in [3.05, 3.63) is 66.0 Å². The number of nitrogens with zero attached hydrogens (tertiary/aromatic N) is 2. The number of hydrogen-bond donors (Lipinski definition) is 1. The highest BCUT2D eigenvalue weighted by atomic mass is 15.3. The maximum absolute atomic E-state index is 4.30. The van der Waals surface area contributed by atoms with E-state index in [0.717, 1.165) is 13.1 Å². The third-order valence-corrected chi connectivity index (χ3v) is 3.83. The zero-order valence-corrected chi connectivity index (χ0v) is 12.6. The molecular formula is C18H21N3. The fraction of sp³-hybridized carbons (Fsp3) is 0.278. The average Bonchev–Trinajstić information content (AvgIpc) is 2.92. The predicted octanol–water partition coefficient (Wildman–Crippen LogP) is 3.70. The molecule has 1 N–H and O–H groups in total. The maximum atomic E-state index is 4.30. The molecule has 0 saturated heterocycles. The molecule has 1 atom stereocenters. The number of fused-ring (bicyclic) bond motifs is 1. The number of rotatable bonds is 5. The van der Waals surface area contributed by atoms with E-state index in [-0.39, 0.29) is 0 Å². The topological polar surface area (TPSA) is 29.9 Å². The van der Waals surface area contributed by atoms with Crippen molar-refractivity contribution in [3.8, 4) is 0 Å². The molecule has 0 fully saturated rings. The smallest absolute Gasteiger partial charge is 0.0534 e. The molecule has 2 aromatic carbocycles. The van der Waals surface area contributed by atoms with Gasteiger partial charge in [-0.15, -0.1) is 0 Å². The Morgan fingerprint density at radius 3 is 2.71 bits per heavy atom. The van der Waals surface area contributed by atoms with Crippen molar-refractivity contribution in [3.63, 3.8) is 0 Å². The summed E-state index contributed by atoms with van der Waals surface area (Å²) in [5, 5.41) is 10.5. The van der Waals surface area contributed by atoms with Gasteiger partial charge in [-0.05, 0) is 41.8 Å². The number of aryl methyl sites for hydroxylation is 1. The molecule has 0 spiro atoms. The highest BCUT2D eigenvalue weighted by molar-refractivity contribution is 5.83. The molecule has 1 heterocycles. The van der Waals surface area contributed by atoms with Gasteiger partial charge in [-0.25, -0.2) is 0 Å². The molecule has 3 rings (SSSR count). The van der Waals surface area contributed by atoms with Crippen molar-refractivity contribution >= 4 is 10.8 Å². The number of nitrogens with one attached hydrogen (secondary N) is 1. The molecule has 0 bridgehead atoms. The van der Waals surface area contributed by atoms with Crippen LogP contribution in [0.3, 0.4) is 0 Å². The second-order valence-electron chi connectivity index (χ2n) is 5.56. The Labute approximate surface area is 125 Å². The van der Waals surface area contributed by atoms with Crippen molar-refractivity contribution in [2.75, 3.05) is 6.54 Å². The van der Waals surface area contributed by atoms with Gasteiger partial charge in [0.25, 0.3) is 0 Å². The fourth-order valence-corrected chi connectivity index (χ4v) is 2.58. The summed E-state index contributed by atoms with van der Waals surface area (Å²) in [5.41, 5.74) is 2.53. The van der Waals surface area contributed by atoms with Gasteiger partial charge in [0.15, 0.2) is 0 Å². The molecular weight excluding hydrogens is 258 g/mol. The molecule has 0 aliphatic heterocycles. The monoisotopic (exact) mass is 279 g/mol. The summed E-state index contributed by atoms with van der Waals surface area (Å²) in [6.45, 7) is 6.08. The van der Waals surface area contributed by atoms with E-state index < -0.39 is 0 Å². The minimum atomic E-state index is 0.339. The third-order valence-electron chi connectivity index (χ3n) is 3.83. The molecule has 21 heavy (non-hydrogen) atoms. The molecule has 0 aliphatic rings. The summed E-state index contributed by atoms with van der Waals surface area (Å²) in [5.74, 6) is 0. The SMILES string of the molecule is Cc1cnn(CCN[C@@H](C)c2ccc3ccccc3c2)c1. The van der Waals surface area contributed by atoms with Crippen molar-refractivity contribution in [2.24, 2.45) is 0 Å². The largest absolute Gasteiger partial charge is 0.308 e. The van der Waals surface area contributed by atoms with Crippen LogP contribution < -0.4 is 5.32 Å². The first-order chi connectivity index (χ1) is 10.2. The standard InChI is InChI=1S/C18H21N3/c1-14-12-20-21(13-14)10-9-19-15(2)17-8-7-16-5-3-4-6-18(16)11-17/h3-8,11-13,15,19H,9-10H2,1-2H3/t15-/m0/s1. The number of benzene rings is 2. The second kappa shape index (κ2) is 6.10. The quantitative estimate of drug-likeness (QED) is 0.772. The van der Waals surface area contributed by atoms with Crippen molar-refractivity contribution in [2.45, 2.75) is 26.4 Å². The summed E-state index contributed by atoms with van der Waals surface area (Å²) in [4.78, 5) is 0. The van der Waals surface area contributed by atoms with Gasteiger partial charge in [-0.2, -0.15) is 5.10 Å². The van der Waals surface area contributed by atoms with Crippen molar-refractivity contribution in [1.82, 2.24) is 15.1 Å². The molecule has 0 aliphatic carbocycles. The molecule has 108 valence electrons. The molecule has 0 radical (unpaired) electrons. The van der Waals surface area contributed by atoms with Crippen LogP contribution in [0, 0.1) is 6.92 Å². The van der Waals surface area contributed by atoms with E-state index in [1.165, 1.54) is 21.9 Å². The van der Waals surface area contributed by atoms with Gasteiger partial charge in [0.1, 0.15) is 0 Å². The predicted molar refractivity (Wildman–Crippen MR) is 87.3 cm³/mol. The van der Waals surface area contributed by atoms with Gasteiger partial charge in [0, 0.05) is 18.8 Å². The second-order valence-corrected chi connectivity index (χ2v) is 5.56. The lowest BCUT2D eigenvalue weighted by atomic mass is 10.0. The van der Waals surface area contributed by atoms with Crippen LogP contribution in [0.25, 0.3) is 10.8 Å². The van der Waals surface area contributed by atoms with Gasteiger partial charge >= 0.3 is 0 Å². The Bertz CT molecular complexity index is 730. The first kappa shape index (κ1) is 13.8. The molecule has 0 unspecified atom stereocenters. The van der Waals surface area contributed by atoms with Gasteiger partial charge in [0.2, 0.25) is 0 Å². The summed E-state index contributed by atoms with van der Waals surface area (Å²) in [6, 6.07) is 15.5. The molecule has 3 nitrogen and oxygen atoms in total. The first-order valence-corrected chi connectivity index (χ1v) is 7.43. The van der Waals surface area contributed by atoms with Crippen LogP contribution in [0.4, 0.5) is 0 Å². The summed E-state index contributed by atoms with van der Waals surface area (Å²) < 4.78 is 1.98. The Morgan fingerprint density at radius 2 is 1.95 bits per heavy atom. The van der Waals surface area contributed by atoms with Crippen LogP contribution >= 0.6 is 0 Å². The third kappa shape index (κ3) is 3.31. The molecule has 1 aromatic heterocycles. The van der Waals surface area contributed by atoms with Crippen LogP contribution in [0.5, 0.6) is 0 Å². The highest BCUT2D eigenvalue weighted by Gasteiger charge is 2.05. The Balaban J connectivity index is 1.62. The van der Waals surface area contributed by atoms with Crippen LogP contribution in [0.2, 0.25) is 0 Å². The lowest BCUT2D eigenvalue weighted by Gasteiger charge is -2.15. The van der Waals surface area contributed by atoms with Gasteiger partial charge in [-0.3, -0.25) is 4.68 Å². The van der Waals surface area contributed by atoms with Crippen LogP contribution in [-0.2, 0) is 6.54 Å². The van der Waals surface area contributed by atoms with Gasteiger partial charge in [0.05, 0.1) is 12.7 Å². The Hall–Kier alpha value is -2.13. The van der Waals surface area contributed by atoms with E-state index >= 15 is 0 Å². The molecule has 0 saturated carbocycles. The minimum absolute atomic E-state index is 0.339. The Morgan fingerprint density at radius 1 is 1.14 bits per heavy atom. The van der Waals surface area contributed by atoms with Gasteiger partial charge < -0.3 is 5.32 Å². The summed E-state index contributed by atoms with van der Waals surface area (Å²) in [7, 11) is 0. The summed E-state index contributed by atoms with van der Waals surface area (Å²) in [6.07, 6.45) is 3.97. The normalized spacial score (nSPS) is 12.7. The average molecular weight is 279 g/mol. The van der Waals surface area contributed by atoms with E-state index in [2.05, 4.69) is 72.9 Å². The molecule has 3 aromatic rings. The highest BCUT2D eigenvalue weighted by Crippen LogP contribution is 2.20. The maximum Gasteiger partial charge on any atom is 0.0534 e. The lowest BCUT2D eigenvalue weighted by Crippen LogP contribution is -2.23. The van der Waals surface area contributed by atoms with Crippen molar-refractivity contribution in [1.29, 1.82) is 0 Å². The van der Waals surface area contributed by atoms with Crippen LogP contribution in [-0.4, -0.2) is 16.3 Å². The van der Waals surface area contributed by atoms with Crippen LogP contribution in [0.15, 0.2) is 54.9 Å². The number of aromatic nitrogens is 2. The first-order valence-electron chi connectivity index (χ1n) is 7.43. The van der Waals surface area contributed by atoms with E-state index in [9.17, 15) is 0 Å². The fourth-order valence-electron chi connectivity index (χ4n) is 2.58. The number of hydrogen-bond acceptors (Lipinski definition) is 2. The van der Waals surface area contributed by atoms with E-state index in [0.29, 0.717) is 6.04 Å². The lowest BCUT2D eigenvalue weighted by molar-refractivity contribution is 0.507. The molecule has 3 heteroatoms. The van der Waals surface area contributed by atoms with Crippen molar-refractivity contribution < 1.29 is 0 Å². The summed E-state index contributed by atoms with van der Waals surface area (Å²) >= 11 is 0. The Kier molecular flexibility index (Phi) is 4.02. The van der Waals surface area contributed by atoms with Crippen LogP contribution in [0.1, 0.15) is 24.1 Å². The van der Waals surface area contributed by atoms with E-state index in [1.54, 1.807) is 0 Å². The molecule has 0 amide bonds. The van der Waals surface area contributed by atoms with E-state index in [4.69, 9.17) is 0 Å². The van der Waals surface area contributed by atoms with Gasteiger partial charge in [-0.1, -0.05) is 36.4 Å². The van der Waals surface area contributed by atoms with E-state index in [1.807, 2.05) is 10.9 Å². The zero-order valence-electron chi connectivity index (χ0n) is 12.6.